The number of rotatable bonds is 7. The number of carbonyl (C=O) groups is 1. The van der Waals surface area contributed by atoms with E-state index in [2.05, 4.69) is 15.5 Å². The molecule has 0 aliphatic rings. The molecule has 1 aromatic carbocycles. The van der Waals surface area contributed by atoms with E-state index in [4.69, 9.17) is 27.7 Å². The van der Waals surface area contributed by atoms with Gasteiger partial charge in [0, 0.05) is 29.4 Å². The zero-order valence-corrected chi connectivity index (χ0v) is 15.5. The third-order valence-corrected chi connectivity index (χ3v) is 4.96. The van der Waals surface area contributed by atoms with Crippen LogP contribution in [0.25, 0.3) is 10.7 Å². The molecule has 2 heterocycles. The second-order valence-corrected chi connectivity index (χ2v) is 7.12. The maximum atomic E-state index is 11.9. The van der Waals surface area contributed by atoms with Gasteiger partial charge in [-0.2, -0.15) is 4.98 Å². The number of nitrogens with one attached hydrogen (secondary N) is 1. The van der Waals surface area contributed by atoms with E-state index in [1.54, 1.807) is 23.5 Å². The van der Waals surface area contributed by atoms with E-state index >= 15 is 0 Å². The predicted octanol–water partition coefficient (Wildman–Crippen LogP) is 4.40. The van der Waals surface area contributed by atoms with Crippen LogP contribution in [0.5, 0.6) is 0 Å². The summed E-state index contributed by atoms with van der Waals surface area (Å²) < 4.78 is 5.18. The van der Waals surface area contributed by atoms with Crippen molar-refractivity contribution in [2.45, 2.75) is 19.3 Å². The average molecular weight is 396 g/mol. The summed E-state index contributed by atoms with van der Waals surface area (Å²) in [6.07, 6.45) is 1.34. The quantitative estimate of drug-likeness (QED) is 0.643. The number of amides is 1. The lowest BCUT2D eigenvalue weighted by atomic mass is 10.1. The van der Waals surface area contributed by atoms with Gasteiger partial charge in [-0.25, -0.2) is 0 Å². The molecule has 0 saturated heterocycles. The molecule has 2 aromatic heterocycles. The highest BCUT2D eigenvalue weighted by molar-refractivity contribution is 7.13. The largest absolute Gasteiger partial charge is 0.356 e. The molecule has 130 valence electrons. The normalized spacial score (nSPS) is 10.8. The van der Waals surface area contributed by atoms with Gasteiger partial charge < -0.3 is 9.84 Å². The molecule has 0 spiro atoms. The highest BCUT2D eigenvalue weighted by Crippen LogP contribution is 2.22. The molecule has 0 unspecified atom stereocenters. The van der Waals surface area contributed by atoms with Crippen LogP contribution in [0.1, 0.15) is 17.9 Å². The average Bonchev–Trinajstić information content (AvgIpc) is 3.26. The summed E-state index contributed by atoms with van der Waals surface area (Å²) in [6, 6.07) is 9.19. The molecule has 1 N–H and O–H groups in total. The highest BCUT2D eigenvalue weighted by atomic mass is 35.5. The van der Waals surface area contributed by atoms with Gasteiger partial charge in [-0.3, -0.25) is 4.79 Å². The third-order valence-electron chi connectivity index (χ3n) is 3.51. The number of hydrogen-bond acceptors (Lipinski definition) is 5. The molecule has 8 heteroatoms. The Bertz CT molecular complexity index is 849. The van der Waals surface area contributed by atoms with Gasteiger partial charge in [0.15, 0.2) is 0 Å². The molecule has 0 fully saturated rings. The SMILES string of the molecule is O=C(CCc1nc(-c2cccs2)no1)NCCc1ccc(Cl)cc1Cl. The Kier molecular flexibility index (Phi) is 6.07. The zero-order valence-electron chi connectivity index (χ0n) is 13.2. The Balaban J connectivity index is 1.42. The van der Waals surface area contributed by atoms with E-state index in [9.17, 15) is 4.79 Å². The number of halogens is 2. The van der Waals surface area contributed by atoms with E-state index in [1.807, 2.05) is 23.6 Å². The fraction of sp³-hybridized carbons (Fsp3) is 0.235. The molecule has 3 rings (SSSR count). The zero-order chi connectivity index (χ0) is 17.6. The molecule has 0 saturated carbocycles. The molecule has 1 amide bonds. The van der Waals surface area contributed by atoms with Crippen molar-refractivity contribution in [1.82, 2.24) is 15.5 Å². The number of thiophene rings is 1. The first-order valence-electron chi connectivity index (χ1n) is 7.69. The van der Waals surface area contributed by atoms with Crippen LogP contribution in [0, 0.1) is 0 Å². The maximum absolute atomic E-state index is 11.9. The molecule has 0 bridgehead atoms. The van der Waals surface area contributed by atoms with Crippen LogP contribution in [0.4, 0.5) is 0 Å². The summed E-state index contributed by atoms with van der Waals surface area (Å²) in [5, 5.41) is 9.93. The Morgan fingerprint density at radius 3 is 2.88 bits per heavy atom. The Labute approximate surface area is 159 Å². The lowest BCUT2D eigenvalue weighted by Gasteiger charge is -2.06. The van der Waals surface area contributed by atoms with E-state index in [0.717, 1.165) is 10.4 Å². The van der Waals surface area contributed by atoms with Crippen molar-refractivity contribution in [2.24, 2.45) is 0 Å². The van der Waals surface area contributed by atoms with Gasteiger partial charge in [-0.05, 0) is 35.6 Å². The third kappa shape index (κ3) is 5.04. The minimum Gasteiger partial charge on any atom is -0.356 e. The molecule has 0 radical (unpaired) electrons. The molecule has 0 aliphatic heterocycles. The molecule has 5 nitrogen and oxygen atoms in total. The molecule has 25 heavy (non-hydrogen) atoms. The van der Waals surface area contributed by atoms with Crippen LogP contribution in [-0.4, -0.2) is 22.6 Å². The van der Waals surface area contributed by atoms with Gasteiger partial charge >= 0.3 is 0 Å². The van der Waals surface area contributed by atoms with Crippen LogP contribution in [-0.2, 0) is 17.6 Å². The minimum absolute atomic E-state index is 0.0686. The first kappa shape index (κ1) is 17.9. The summed E-state index contributed by atoms with van der Waals surface area (Å²) in [6.45, 7) is 0.504. The van der Waals surface area contributed by atoms with E-state index in [-0.39, 0.29) is 5.91 Å². The van der Waals surface area contributed by atoms with Gasteiger partial charge in [-0.15, -0.1) is 11.3 Å². The number of aromatic nitrogens is 2. The van der Waals surface area contributed by atoms with Gasteiger partial charge in [0.25, 0.3) is 0 Å². The smallest absolute Gasteiger partial charge is 0.227 e. The topological polar surface area (TPSA) is 68.0 Å². The van der Waals surface area contributed by atoms with Gasteiger partial charge in [-0.1, -0.05) is 40.5 Å². The fourth-order valence-corrected chi connectivity index (χ4v) is 3.38. The van der Waals surface area contributed by atoms with E-state index in [0.29, 0.717) is 47.6 Å². The molecule has 3 aromatic rings. The summed E-state index contributed by atoms with van der Waals surface area (Å²) >= 11 is 13.5. The first-order chi connectivity index (χ1) is 12.1. The summed E-state index contributed by atoms with van der Waals surface area (Å²) in [4.78, 5) is 17.2. The monoisotopic (exact) mass is 395 g/mol. The van der Waals surface area contributed by atoms with Crippen LogP contribution >= 0.6 is 34.5 Å². The first-order valence-corrected chi connectivity index (χ1v) is 9.32. The standard InChI is InChI=1S/C17H15Cl2N3O2S/c18-12-4-3-11(13(19)10-12)7-8-20-15(23)5-6-16-21-17(22-24-16)14-2-1-9-25-14/h1-4,9-10H,5-8H2,(H,20,23). The summed E-state index contributed by atoms with van der Waals surface area (Å²) in [5.74, 6) is 0.947. The highest BCUT2D eigenvalue weighted by Gasteiger charge is 2.11. The minimum atomic E-state index is -0.0686. The van der Waals surface area contributed by atoms with Crippen LogP contribution < -0.4 is 5.32 Å². The maximum Gasteiger partial charge on any atom is 0.227 e. The lowest BCUT2D eigenvalue weighted by Crippen LogP contribution is -2.26. The van der Waals surface area contributed by atoms with Gasteiger partial charge in [0.2, 0.25) is 17.6 Å². The number of aryl methyl sites for hydroxylation is 1. The van der Waals surface area contributed by atoms with Crippen molar-refractivity contribution in [1.29, 1.82) is 0 Å². The van der Waals surface area contributed by atoms with Crippen molar-refractivity contribution in [3.8, 4) is 10.7 Å². The predicted molar refractivity (Wildman–Crippen MR) is 99.1 cm³/mol. The Hall–Kier alpha value is -1.89. The van der Waals surface area contributed by atoms with Crippen molar-refractivity contribution >= 4 is 40.4 Å². The van der Waals surface area contributed by atoms with Crippen LogP contribution in [0.3, 0.4) is 0 Å². The van der Waals surface area contributed by atoms with Crippen molar-refractivity contribution in [3.63, 3.8) is 0 Å². The van der Waals surface area contributed by atoms with Crippen molar-refractivity contribution in [2.75, 3.05) is 6.54 Å². The molecule has 0 atom stereocenters. The lowest BCUT2D eigenvalue weighted by molar-refractivity contribution is -0.121. The second-order valence-electron chi connectivity index (χ2n) is 5.32. The summed E-state index contributed by atoms with van der Waals surface area (Å²) in [5.41, 5.74) is 0.948. The molecular formula is C17H15Cl2N3O2S. The second kappa shape index (κ2) is 8.47. The number of benzene rings is 1. The van der Waals surface area contributed by atoms with Crippen LogP contribution in [0.15, 0.2) is 40.2 Å². The molecule has 0 aliphatic carbocycles. The van der Waals surface area contributed by atoms with E-state index in [1.165, 1.54) is 0 Å². The van der Waals surface area contributed by atoms with Crippen LogP contribution in [0.2, 0.25) is 10.0 Å². The number of carbonyl (C=O) groups excluding carboxylic acids is 1. The summed E-state index contributed by atoms with van der Waals surface area (Å²) in [7, 11) is 0. The Morgan fingerprint density at radius 2 is 2.12 bits per heavy atom. The molecular weight excluding hydrogens is 381 g/mol. The van der Waals surface area contributed by atoms with Crippen molar-refractivity contribution in [3.05, 3.63) is 57.2 Å². The van der Waals surface area contributed by atoms with Gasteiger partial charge in [0.05, 0.1) is 4.88 Å². The Morgan fingerprint density at radius 1 is 1.24 bits per heavy atom. The fourth-order valence-electron chi connectivity index (χ4n) is 2.23. The number of hydrogen-bond donors (Lipinski definition) is 1. The van der Waals surface area contributed by atoms with Crippen molar-refractivity contribution < 1.29 is 9.32 Å². The van der Waals surface area contributed by atoms with E-state index < -0.39 is 0 Å². The van der Waals surface area contributed by atoms with Gasteiger partial charge in [0.1, 0.15) is 0 Å². The number of nitrogens with zero attached hydrogens (tertiary/aromatic N) is 2.